The van der Waals surface area contributed by atoms with Crippen LogP contribution in [0.4, 0.5) is 0 Å². The van der Waals surface area contributed by atoms with Gasteiger partial charge in [-0.3, -0.25) is 4.90 Å². The van der Waals surface area contributed by atoms with Crippen molar-refractivity contribution in [3.63, 3.8) is 0 Å². The zero-order valence-electron chi connectivity index (χ0n) is 11.0. The molecule has 0 bridgehead atoms. The van der Waals surface area contributed by atoms with Gasteiger partial charge in [0.25, 0.3) is 0 Å². The molecule has 4 nitrogen and oxygen atoms in total. The van der Waals surface area contributed by atoms with E-state index in [9.17, 15) is 0 Å². The average molecular weight is 293 g/mol. The van der Waals surface area contributed by atoms with Gasteiger partial charge in [0.1, 0.15) is 0 Å². The van der Waals surface area contributed by atoms with Gasteiger partial charge in [-0.2, -0.15) is 0 Å². The smallest absolute Gasteiger partial charge is 0.183 e. The van der Waals surface area contributed by atoms with Gasteiger partial charge >= 0.3 is 0 Å². The highest BCUT2D eigenvalue weighted by atomic mass is 35.5. The fourth-order valence-electron chi connectivity index (χ4n) is 1.52. The Bertz CT molecular complexity index is 313. The standard InChI is InChI=1S/C12H21ClN2O2S/c1-3-16-7-5-15(6-8-17-4-2)10-11-9-14-12(13)18-11/h9H,3-8,10H2,1-2H3. The lowest BCUT2D eigenvalue weighted by atomic mass is 10.4. The van der Waals surface area contributed by atoms with Gasteiger partial charge in [-0.15, -0.1) is 11.3 Å². The Balaban J connectivity index is 2.37. The predicted molar refractivity (Wildman–Crippen MR) is 75.4 cm³/mol. The van der Waals surface area contributed by atoms with Crippen LogP contribution in [-0.4, -0.2) is 49.4 Å². The number of hydrogen-bond donors (Lipinski definition) is 0. The summed E-state index contributed by atoms with van der Waals surface area (Å²) in [7, 11) is 0. The molecule has 0 aromatic carbocycles. The molecular weight excluding hydrogens is 272 g/mol. The van der Waals surface area contributed by atoms with Crippen molar-refractivity contribution in [2.45, 2.75) is 20.4 Å². The molecule has 1 aromatic heterocycles. The van der Waals surface area contributed by atoms with Gasteiger partial charge in [0.2, 0.25) is 0 Å². The first-order valence-corrected chi connectivity index (χ1v) is 7.43. The SMILES string of the molecule is CCOCCN(CCOCC)Cc1cnc(Cl)s1. The Hall–Kier alpha value is -0.200. The Morgan fingerprint density at radius 3 is 2.28 bits per heavy atom. The van der Waals surface area contributed by atoms with Crippen LogP contribution in [0.15, 0.2) is 6.20 Å². The van der Waals surface area contributed by atoms with Crippen molar-refractivity contribution < 1.29 is 9.47 Å². The molecule has 0 saturated heterocycles. The van der Waals surface area contributed by atoms with Gasteiger partial charge in [-0.05, 0) is 13.8 Å². The van der Waals surface area contributed by atoms with Crippen LogP contribution in [0.25, 0.3) is 0 Å². The molecule has 6 heteroatoms. The number of aromatic nitrogens is 1. The molecule has 0 spiro atoms. The molecule has 1 rings (SSSR count). The van der Waals surface area contributed by atoms with Crippen LogP contribution in [0.3, 0.4) is 0 Å². The molecule has 0 atom stereocenters. The molecule has 1 aromatic rings. The molecule has 0 aliphatic carbocycles. The molecule has 0 amide bonds. The van der Waals surface area contributed by atoms with Crippen molar-refractivity contribution in [2.75, 3.05) is 39.5 Å². The fourth-order valence-corrected chi connectivity index (χ4v) is 2.54. The highest BCUT2D eigenvalue weighted by Crippen LogP contribution is 2.19. The van der Waals surface area contributed by atoms with E-state index in [4.69, 9.17) is 21.1 Å². The Morgan fingerprint density at radius 2 is 1.83 bits per heavy atom. The van der Waals surface area contributed by atoms with Crippen molar-refractivity contribution in [1.82, 2.24) is 9.88 Å². The Kier molecular flexibility index (Phi) is 8.54. The summed E-state index contributed by atoms with van der Waals surface area (Å²) in [6.45, 7) is 9.67. The van der Waals surface area contributed by atoms with E-state index in [0.29, 0.717) is 4.47 Å². The van der Waals surface area contributed by atoms with Crippen molar-refractivity contribution >= 4 is 22.9 Å². The molecule has 0 unspecified atom stereocenters. The third kappa shape index (κ3) is 6.66. The molecule has 0 aliphatic heterocycles. The van der Waals surface area contributed by atoms with Gasteiger partial charge in [0, 0.05) is 43.9 Å². The van der Waals surface area contributed by atoms with Crippen molar-refractivity contribution in [2.24, 2.45) is 0 Å². The van der Waals surface area contributed by atoms with Crippen LogP contribution in [0, 0.1) is 0 Å². The van der Waals surface area contributed by atoms with Crippen LogP contribution in [0.1, 0.15) is 18.7 Å². The Morgan fingerprint density at radius 1 is 1.22 bits per heavy atom. The van der Waals surface area contributed by atoms with Crippen molar-refractivity contribution in [3.8, 4) is 0 Å². The lowest BCUT2D eigenvalue weighted by Crippen LogP contribution is -2.30. The minimum Gasteiger partial charge on any atom is -0.380 e. The van der Waals surface area contributed by atoms with E-state index < -0.39 is 0 Å². The molecule has 0 fully saturated rings. The summed E-state index contributed by atoms with van der Waals surface area (Å²) < 4.78 is 11.4. The number of thiazole rings is 1. The van der Waals surface area contributed by atoms with Crippen LogP contribution in [0.5, 0.6) is 0 Å². The monoisotopic (exact) mass is 292 g/mol. The zero-order valence-corrected chi connectivity index (χ0v) is 12.6. The van der Waals surface area contributed by atoms with Crippen LogP contribution >= 0.6 is 22.9 Å². The van der Waals surface area contributed by atoms with Crippen molar-refractivity contribution in [1.29, 1.82) is 0 Å². The number of ether oxygens (including phenoxy) is 2. The molecule has 0 aliphatic rings. The number of rotatable bonds is 10. The van der Waals surface area contributed by atoms with Crippen LogP contribution in [-0.2, 0) is 16.0 Å². The first kappa shape index (κ1) is 15.9. The van der Waals surface area contributed by atoms with Crippen LogP contribution < -0.4 is 0 Å². The van der Waals surface area contributed by atoms with Crippen LogP contribution in [0.2, 0.25) is 4.47 Å². The Labute approximate surface area is 118 Å². The van der Waals surface area contributed by atoms with Gasteiger partial charge in [0.05, 0.1) is 13.2 Å². The summed E-state index contributed by atoms with van der Waals surface area (Å²) in [5.74, 6) is 0. The molecule has 0 saturated carbocycles. The average Bonchev–Trinajstić information content (AvgIpc) is 2.75. The van der Waals surface area contributed by atoms with Gasteiger partial charge < -0.3 is 9.47 Å². The molecule has 1 heterocycles. The number of nitrogens with zero attached hydrogens (tertiary/aromatic N) is 2. The summed E-state index contributed by atoms with van der Waals surface area (Å²) in [5.41, 5.74) is 0. The third-order valence-corrected chi connectivity index (χ3v) is 3.52. The maximum absolute atomic E-state index is 5.84. The number of halogens is 1. The molecule has 18 heavy (non-hydrogen) atoms. The highest BCUT2D eigenvalue weighted by Gasteiger charge is 2.08. The largest absolute Gasteiger partial charge is 0.380 e. The maximum atomic E-state index is 5.84. The van der Waals surface area contributed by atoms with E-state index in [2.05, 4.69) is 9.88 Å². The molecule has 0 radical (unpaired) electrons. The lowest BCUT2D eigenvalue weighted by molar-refractivity contribution is 0.0802. The van der Waals surface area contributed by atoms with E-state index in [1.54, 1.807) is 0 Å². The quantitative estimate of drug-likeness (QED) is 0.621. The van der Waals surface area contributed by atoms with Gasteiger partial charge in [-0.1, -0.05) is 11.6 Å². The zero-order chi connectivity index (χ0) is 13.2. The summed E-state index contributed by atoms with van der Waals surface area (Å²) in [4.78, 5) is 7.53. The van der Waals surface area contributed by atoms with Gasteiger partial charge in [-0.25, -0.2) is 4.98 Å². The first-order valence-electron chi connectivity index (χ1n) is 6.24. The second-order valence-electron chi connectivity index (χ2n) is 3.75. The summed E-state index contributed by atoms with van der Waals surface area (Å²) in [5, 5.41) is 0. The lowest BCUT2D eigenvalue weighted by Gasteiger charge is -2.21. The third-order valence-electron chi connectivity index (χ3n) is 2.42. The fraction of sp³-hybridized carbons (Fsp3) is 0.750. The normalized spacial score (nSPS) is 11.3. The van der Waals surface area contributed by atoms with E-state index >= 15 is 0 Å². The summed E-state index contributed by atoms with van der Waals surface area (Å²) in [6.07, 6.45) is 1.83. The van der Waals surface area contributed by atoms with E-state index in [1.165, 1.54) is 16.2 Å². The van der Waals surface area contributed by atoms with Crippen molar-refractivity contribution in [3.05, 3.63) is 15.5 Å². The minimum absolute atomic E-state index is 0.597. The van der Waals surface area contributed by atoms with E-state index in [1.807, 2.05) is 20.0 Å². The maximum Gasteiger partial charge on any atom is 0.183 e. The van der Waals surface area contributed by atoms with Gasteiger partial charge in [0.15, 0.2) is 4.47 Å². The summed E-state index contributed by atoms with van der Waals surface area (Å²) >= 11 is 7.36. The summed E-state index contributed by atoms with van der Waals surface area (Å²) in [6, 6.07) is 0. The minimum atomic E-state index is 0.597. The number of hydrogen-bond acceptors (Lipinski definition) is 5. The van der Waals surface area contributed by atoms with E-state index in [-0.39, 0.29) is 0 Å². The second-order valence-corrected chi connectivity index (χ2v) is 5.45. The van der Waals surface area contributed by atoms with E-state index in [0.717, 1.165) is 46.1 Å². The highest BCUT2D eigenvalue weighted by molar-refractivity contribution is 7.15. The topological polar surface area (TPSA) is 34.6 Å². The molecule has 0 N–H and O–H groups in total. The second kappa shape index (κ2) is 9.69. The molecule has 104 valence electrons. The predicted octanol–water partition coefficient (Wildman–Crippen LogP) is 2.67. The molecular formula is C12H21ClN2O2S. The first-order chi connectivity index (χ1) is 8.76.